The number of nitrogens with one attached hydrogen (secondary N) is 1. The molecule has 0 aliphatic carbocycles. The van der Waals surface area contributed by atoms with Crippen molar-refractivity contribution in [1.29, 1.82) is 0 Å². The van der Waals surface area contributed by atoms with E-state index in [1.54, 1.807) is 30.0 Å². The highest BCUT2D eigenvalue weighted by atomic mass is 32.2. The number of halogens is 1. The molecule has 2 atom stereocenters. The highest BCUT2D eigenvalue weighted by Gasteiger charge is 2.30. The van der Waals surface area contributed by atoms with Crippen LogP contribution < -0.4 is 10.1 Å². The normalized spacial score (nSPS) is 20.4. The van der Waals surface area contributed by atoms with Gasteiger partial charge in [-0.15, -0.1) is 11.8 Å². The van der Waals surface area contributed by atoms with Gasteiger partial charge in [0.1, 0.15) is 24.2 Å². The van der Waals surface area contributed by atoms with E-state index >= 15 is 0 Å². The quantitative estimate of drug-likeness (QED) is 0.880. The van der Waals surface area contributed by atoms with Crippen LogP contribution in [0.1, 0.15) is 16.5 Å². The molecule has 6 heteroatoms. The van der Waals surface area contributed by atoms with E-state index in [2.05, 4.69) is 5.32 Å². The third-order valence-corrected chi connectivity index (χ3v) is 4.88. The van der Waals surface area contributed by atoms with Crippen molar-refractivity contribution in [3.63, 3.8) is 0 Å². The Bertz CT molecular complexity index is 692. The van der Waals surface area contributed by atoms with E-state index in [9.17, 15) is 9.18 Å². The topological polar surface area (TPSA) is 58.6 Å². The Kier molecular flexibility index (Phi) is 4.83. The summed E-state index contributed by atoms with van der Waals surface area (Å²) in [4.78, 5) is 11.0. The predicted octanol–water partition coefficient (Wildman–Crippen LogP) is 3.19. The molecule has 1 aliphatic rings. The Labute approximate surface area is 137 Å². The molecule has 2 N–H and O–H groups in total. The van der Waals surface area contributed by atoms with E-state index in [0.29, 0.717) is 17.1 Å². The lowest BCUT2D eigenvalue weighted by molar-refractivity contribution is -0.138. The maximum atomic E-state index is 13.5. The van der Waals surface area contributed by atoms with Gasteiger partial charge in [-0.25, -0.2) is 4.39 Å². The predicted molar refractivity (Wildman–Crippen MR) is 86.9 cm³/mol. The van der Waals surface area contributed by atoms with Crippen LogP contribution >= 0.6 is 11.8 Å². The maximum Gasteiger partial charge on any atom is 0.321 e. The molecule has 1 fully saturated rings. The number of carboxylic acids is 1. The second-order valence-electron chi connectivity index (χ2n) is 5.22. The van der Waals surface area contributed by atoms with Crippen molar-refractivity contribution in [2.75, 3.05) is 5.75 Å². The second kappa shape index (κ2) is 7.02. The van der Waals surface area contributed by atoms with Gasteiger partial charge in [0.05, 0.1) is 5.37 Å². The molecule has 1 heterocycles. The first-order chi connectivity index (χ1) is 11.1. The van der Waals surface area contributed by atoms with Crippen LogP contribution in [0.3, 0.4) is 0 Å². The van der Waals surface area contributed by atoms with Crippen LogP contribution in [0.15, 0.2) is 48.5 Å². The molecular weight excluding hydrogens is 317 g/mol. The van der Waals surface area contributed by atoms with Crippen molar-refractivity contribution in [3.8, 4) is 5.75 Å². The third kappa shape index (κ3) is 3.83. The third-order valence-electron chi connectivity index (χ3n) is 3.62. The Morgan fingerprint density at radius 1 is 1.26 bits per heavy atom. The number of carbonyl (C=O) groups is 1. The number of rotatable bonds is 5. The summed E-state index contributed by atoms with van der Waals surface area (Å²) in [5.74, 6) is 0.0842. The number of hydrogen-bond acceptors (Lipinski definition) is 4. The van der Waals surface area contributed by atoms with Crippen molar-refractivity contribution >= 4 is 17.7 Å². The minimum atomic E-state index is -0.829. The molecule has 23 heavy (non-hydrogen) atoms. The lowest BCUT2D eigenvalue weighted by Gasteiger charge is -2.12. The minimum Gasteiger partial charge on any atom is -0.489 e. The molecule has 0 amide bonds. The molecule has 0 radical (unpaired) electrons. The van der Waals surface area contributed by atoms with Crippen LogP contribution in [-0.2, 0) is 11.4 Å². The second-order valence-corrected chi connectivity index (χ2v) is 6.36. The van der Waals surface area contributed by atoms with Gasteiger partial charge < -0.3 is 9.84 Å². The number of hydrogen-bond donors (Lipinski definition) is 2. The molecule has 1 aliphatic heterocycles. The molecule has 120 valence electrons. The number of thioether (sulfide) groups is 1. The first-order valence-electron chi connectivity index (χ1n) is 7.20. The molecule has 0 spiro atoms. The van der Waals surface area contributed by atoms with Gasteiger partial charge in [0, 0.05) is 11.3 Å². The van der Waals surface area contributed by atoms with E-state index in [4.69, 9.17) is 9.84 Å². The Balaban J connectivity index is 1.59. The van der Waals surface area contributed by atoms with Gasteiger partial charge in [0.25, 0.3) is 0 Å². The van der Waals surface area contributed by atoms with Gasteiger partial charge in [0.15, 0.2) is 0 Å². The molecule has 0 unspecified atom stereocenters. The van der Waals surface area contributed by atoms with Crippen molar-refractivity contribution in [3.05, 3.63) is 65.5 Å². The van der Waals surface area contributed by atoms with Crippen LogP contribution in [0.4, 0.5) is 4.39 Å². The van der Waals surface area contributed by atoms with Crippen molar-refractivity contribution < 1.29 is 19.0 Å². The minimum absolute atomic E-state index is 0.0308. The summed E-state index contributed by atoms with van der Waals surface area (Å²) in [7, 11) is 0. The number of ether oxygens (including phenoxy) is 1. The van der Waals surface area contributed by atoms with Gasteiger partial charge in [-0.2, -0.15) is 0 Å². The van der Waals surface area contributed by atoms with Crippen molar-refractivity contribution in [2.45, 2.75) is 18.0 Å². The SMILES string of the molecule is O=C(O)[C@H]1CS[C@@H](c2ccc(OCc3ccccc3F)cc2)N1. The standard InChI is InChI=1S/C17H16FNO3S/c18-14-4-2-1-3-12(14)9-22-13-7-5-11(6-8-13)16-19-15(10-23-16)17(20)21/h1-8,15-16,19H,9-10H2,(H,20,21)/t15-,16+/m1/s1. The highest BCUT2D eigenvalue weighted by Crippen LogP contribution is 2.33. The Morgan fingerprint density at radius 3 is 2.65 bits per heavy atom. The molecule has 0 bridgehead atoms. The number of carboxylic acid groups (broad SMARTS) is 1. The maximum absolute atomic E-state index is 13.5. The van der Waals surface area contributed by atoms with E-state index in [-0.39, 0.29) is 17.8 Å². The van der Waals surface area contributed by atoms with E-state index in [1.807, 2.05) is 24.3 Å². The molecule has 3 rings (SSSR count). The zero-order chi connectivity index (χ0) is 16.2. The van der Waals surface area contributed by atoms with Crippen LogP contribution in [0.25, 0.3) is 0 Å². The number of benzene rings is 2. The van der Waals surface area contributed by atoms with Crippen molar-refractivity contribution in [1.82, 2.24) is 5.32 Å². The molecule has 4 nitrogen and oxygen atoms in total. The van der Waals surface area contributed by atoms with E-state index < -0.39 is 12.0 Å². The highest BCUT2D eigenvalue weighted by molar-refractivity contribution is 7.99. The van der Waals surface area contributed by atoms with E-state index in [1.165, 1.54) is 6.07 Å². The van der Waals surface area contributed by atoms with Crippen LogP contribution in [0.5, 0.6) is 5.75 Å². The fraction of sp³-hybridized carbons (Fsp3) is 0.235. The molecule has 1 saturated heterocycles. The molecule has 0 saturated carbocycles. The Hall–Kier alpha value is -2.05. The summed E-state index contributed by atoms with van der Waals surface area (Å²) in [5, 5.41) is 12.0. The molecule has 0 aromatic heterocycles. The zero-order valence-electron chi connectivity index (χ0n) is 12.2. The summed E-state index contributed by atoms with van der Waals surface area (Å²) in [6.07, 6.45) is 0. The lowest BCUT2D eigenvalue weighted by atomic mass is 10.2. The smallest absolute Gasteiger partial charge is 0.321 e. The first-order valence-corrected chi connectivity index (χ1v) is 8.25. The lowest BCUT2D eigenvalue weighted by Crippen LogP contribution is -2.33. The zero-order valence-corrected chi connectivity index (χ0v) is 13.1. The Morgan fingerprint density at radius 2 is 2.00 bits per heavy atom. The first kappa shape index (κ1) is 15.8. The van der Waals surface area contributed by atoms with Gasteiger partial charge in [-0.3, -0.25) is 10.1 Å². The summed E-state index contributed by atoms with van der Waals surface area (Å²) < 4.78 is 19.1. The van der Waals surface area contributed by atoms with Gasteiger partial charge >= 0.3 is 5.97 Å². The summed E-state index contributed by atoms with van der Waals surface area (Å²) in [6.45, 7) is 0.170. The summed E-state index contributed by atoms with van der Waals surface area (Å²) >= 11 is 1.57. The van der Waals surface area contributed by atoms with Crippen LogP contribution in [-0.4, -0.2) is 22.9 Å². The summed E-state index contributed by atoms with van der Waals surface area (Å²) in [5.41, 5.74) is 1.51. The molecular formula is C17H16FNO3S. The molecule has 2 aromatic carbocycles. The number of aliphatic carboxylic acids is 1. The van der Waals surface area contributed by atoms with Gasteiger partial charge in [0.2, 0.25) is 0 Å². The van der Waals surface area contributed by atoms with Crippen LogP contribution in [0, 0.1) is 5.82 Å². The fourth-order valence-corrected chi connectivity index (χ4v) is 3.56. The van der Waals surface area contributed by atoms with Crippen LogP contribution in [0.2, 0.25) is 0 Å². The summed E-state index contributed by atoms with van der Waals surface area (Å²) in [6, 6.07) is 13.4. The molecule has 2 aromatic rings. The van der Waals surface area contributed by atoms with Gasteiger partial charge in [-0.1, -0.05) is 30.3 Å². The monoisotopic (exact) mass is 333 g/mol. The van der Waals surface area contributed by atoms with E-state index in [0.717, 1.165) is 5.56 Å². The van der Waals surface area contributed by atoms with Crippen molar-refractivity contribution in [2.24, 2.45) is 0 Å². The average molecular weight is 333 g/mol. The van der Waals surface area contributed by atoms with Gasteiger partial charge in [-0.05, 0) is 23.8 Å². The fourth-order valence-electron chi connectivity index (χ4n) is 2.32. The largest absolute Gasteiger partial charge is 0.489 e. The average Bonchev–Trinajstić information content (AvgIpc) is 3.05.